The number of rotatable bonds is 7. The molecule has 4 heteroatoms. The first-order chi connectivity index (χ1) is 8.09. The lowest BCUT2D eigenvalue weighted by Gasteiger charge is -2.16. The van der Waals surface area contributed by atoms with Crippen LogP contribution in [-0.4, -0.2) is 49.8 Å². The third-order valence-electron chi connectivity index (χ3n) is 2.48. The number of aliphatic hydroxyl groups is 1. The van der Waals surface area contributed by atoms with E-state index in [-0.39, 0.29) is 11.9 Å². The van der Waals surface area contributed by atoms with Crippen molar-refractivity contribution in [1.29, 1.82) is 0 Å². The van der Waals surface area contributed by atoms with Crippen LogP contribution in [0.15, 0.2) is 24.3 Å². The van der Waals surface area contributed by atoms with Gasteiger partial charge in [-0.25, -0.2) is 4.39 Å². The summed E-state index contributed by atoms with van der Waals surface area (Å²) in [5.74, 6) is -0.164. The standard InChI is InChI=1S/C13H21FN2O/c1-16(2)10-12(17)9-15-8-7-11-5-3-4-6-13(11)14/h3-6,12,15,17H,7-10H2,1-2H3. The molecule has 0 saturated carbocycles. The van der Waals surface area contributed by atoms with Crippen LogP contribution in [0.25, 0.3) is 0 Å². The summed E-state index contributed by atoms with van der Waals surface area (Å²) in [4.78, 5) is 1.93. The van der Waals surface area contributed by atoms with Crippen molar-refractivity contribution in [3.63, 3.8) is 0 Å². The highest BCUT2D eigenvalue weighted by molar-refractivity contribution is 5.17. The average Bonchev–Trinajstić information content (AvgIpc) is 2.25. The van der Waals surface area contributed by atoms with Crippen molar-refractivity contribution in [2.24, 2.45) is 0 Å². The molecule has 0 fully saturated rings. The summed E-state index contributed by atoms with van der Waals surface area (Å²) in [6, 6.07) is 6.77. The van der Waals surface area contributed by atoms with Gasteiger partial charge >= 0.3 is 0 Å². The highest BCUT2D eigenvalue weighted by Crippen LogP contribution is 2.05. The Hall–Kier alpha value is -0.970. The molecule has 0 saturated heterocycles. The minimum atomic E-state index is -0.384. The van der Waals surface area contributed by atoms with E-state index in [2.05, 4.69) is 5.32 Å². The molecule has 0 heterocycles. The Morgan fingerprint density at radius 3 is 2.71 bits per heavy atom. The van der Waals surface area contributed by atoms with Crippen LogP contribution in [0.2, 0.25) is 0 Å². The third kappa shape index (κ3) is 5.77. The zero-order valence-corrected chi connectivity index (χ0v) is 10.5. The third-order valence-corrected chi connectivity index (χ3v) is 2.48. The smallest absolute Gasteiger partial charge is 0.126 e. The summed E-state index contributed by atoms with van der Waals surface area (Å²) in [6.07, 6.45) is 0.257. The van der Waals surface area contributed by atoms with Gasteiger partial charge in [0, 0.05) is 13.1 Å². The Labute approximate surface area is 102 Å². The van der Waals surface area contributed by atoms with Crippen molar-refractivity contribution in [2.45, 2.75) is 12.5 Å². The van der Waals surface area contributed by atoms with E-state index in [1.54, 1.807) is 12.1 Å². The summed E-state index contributed by atoms with van der Waals surface area (Å²) < 4.78 is 13.3. The monoisotopic (exact) mass is 240 g/mol. The number of likely N-dealkylation sites (N-methyl/N-ethyl adjacent to an activating group) is 1. The largest absolute Gasteiger partial charge is 0.390 e. The van der Waals surface area contributed by atoms with Crippen LogP contribution in [0.3, 0.4) is 0 Å². The highest BCUT2D eigenvalue weighted by atomic mass is 19.1. The number of aliphatic hydroxyl groups excluding tert-OH is 1. The molecule has 0 aliphatic carbocycles. The second-order valence-corrected chi connectivity index (χ2v) is 4.46. The summed E-state index contributed by atoms with van der Waals surface area (Å²) >= 11 is 0. The fourth-order valence-corrected chi connectivity index (χ4v) is 1.68. The van der Waals surface area contributed by atoms with E-state index in [0.717, 1.165) is 0 Å². The SMILES string of the molecule is CN(C)CC(O)CNCCc1ccccc1F. The molecule has 0 aromatic heterocycles. The van der Waals surface area contributed by atoms with Gasteiger partial charge in [0.1, 0.15) is 5.82 Å². The second-order valence-electron chi connectivity index (χ2n) is 4.46. The van der Waals surface area contributed by atoms with Gasteiger partial charge < -0.3 is 15.3 Å². The van der Waals surface area contributed by atoms with Crippen molar-refractivity contribution < 1.29 is 9.50 Å². The molecule has 1 rings (SSSR count). The molecule has 3 nitrogen and oxygen atoms in total. The van der Waals surface area contributed by atoms with E-state index in [0.29, 0.717) is 31.6 Å². The molecular weight excluding hydrogens is 219 g/mol. The van der Waals surface area contributed by atoms with Gasteiger partial charge in [-0.15, -0.1) is 0 Å². The zero-order valence-electron chi connectivity index (χ0n) is 10.5. The molecule has 1 aromatic rings. The van der Waals surface area contributed by atoms with Gasteiger partial charge in [0.05, 0.1) is 6.10 Å². The minimum absolute atomic E-state index is 0.164. The highest BCUT2D eigenvalue weighted by Gasteiger charge is 2.05. The Bertz CT molecular complexity index is 331. The molecule has 2 N–H and O–H groups in total. The number of halogens is 1. The Kier molecular flexibility index (Phi) is 6.11. The fourth-order valence-electron chi connectivity index (χ4n) is 1.68. The Morgan fingerprint density at radius 2 is 2.06 bits per heavy atom. The first-order valence-corrected chi connectivity index (χ1v) is 5.86. The summed E-state index contributed by atoms with van der Waals surface area (Å²) in [6.45, 7) is 1.84. The lowest BCUT2D eigenvalue weighted by Crippen LogP contribution is -2.35. The van der Waals surface area contributed by atoms with E-state index >= 15 is 0 Å². The molecule has 1 unspecified atom stereocenters. The summed E-state index contributed by atoms with van der Waals surface area (Å²) in [5.41, 5.74) is 0.710. The van der Waals surface area contributed by atoms with Crippen molar-refractivity contribution >= 4 is 0 Å². The van der Waals surface area contributed by atoms with E-state index in [1.165, 1.54) is 6.07 Å². The number of benzene rings is 1. The first-order valence-electron chi connectivity index (χ1n) is 5.86. The van der Waals surface area contributed by atoms with E-state index in [1.807, 2.05) is 25.1 Å². The first kappa shape index (κ1) is 14.1. The van der Waals surface area contributed by atoms with Crippen LogP contribution in [0.5, 0.6) is 0 Å². The van der Waals surface area contributed by atoms with Crippen LogP contribution in [0, 0.1) is 5.82 Å². The topological polar surface area (TPSA) is 35.5 Å². The van der Waals surface area contributed by atoms with E-state index < -0.39 is 0 Å². The summed E-state index contributed by atoms with van der Waals surface area (Å²) in [7, 11) is 3.84. The number of hydrogen-bond acceptors (Lipinski definition) is 3. The number of hydrogen-bond donors (Lipinski definition) is 2. The zero-order chi connectivity index (χ0) is 12.7. The van der Waals surface area contributed by atoms with Gasteiger partial charge in [0.25, 0.3) is 0 Å². The van der Waals surface area contributed by atoms with Gasteiger partial charge in [-0.1, -0.05) is 18.2 Å². The lowest BCUT2D eigenvalue weighted by atomic mass is 10.1. The van der Waals surface area contributed by atoms with Crippen LogP contribution in [0.4, 0.5) is 4.39 Å². The molecule has 1 atom stereocenters. The van der Waals surface area contributed by atoms with E-state index in [9.17, 15) is 9.50 Å². The fraction of sp³-hybridized carbons (Fsp3) is 0.538. The van der Waals surface area contributed by atoms with Gasteiger partial charge in [-0.05, 0) is 38.7 Å². The predicted molar refractivity (Wildman–Crippen MR) is 67.5 cm³/mol. The average molecular weight is 240 g/mol. The minimum Gasteiger partial charge on any atom is -0.390 e. The normalized spacial score (nSPS) is 13.0. The quantitative estimate of drug-likeness (QED) is 0.695. The molecule has 1 aromatic carbocycles. The maximum Gasteiger partial charge on any atom is 0.126 e. The molecule has 0 radical (unpaired) electrons. The van der Waals surface area contributed by atoms with Gasteiger partial charge in [0.2, 0.25) is 0 Å². The molecule has 0 aliphatic heterocycles. The van der Waals surface area contributed by atoms with Crippen molar-refractivity contribution in [3.05, 3.63) is 35.6 Å². The molecule has 0 amide bonds. The van der Waals surface area contributed by atoms with Crippen LogP contribution in [0.1, 0.15) is 5.56 Å². The lowest BCUT2D eigenvalue weighted by molar-refractivity contribution is 0.135. The summed E-state index contributed by atoms with van der Waals surface area (Å²) in [5, 5.41) is 12.7. The van der Waals surface area contributed by atoms with Crippen LogP contribution >= 0.6 is 0 Å². The molecule has 96 valence electrons. The van der Waals surface area contributed by atoms with E-state index in [4.69, 9.17) is 0 Å². The predicted octanol–water partition coefficient (Wildman–Crippen LogP) is 0.880. The van der Waals surface area contributed by atoms with Crippen LogP contribution < -0.4 is 5.32 Å². The number of nitrogens with zero attached hydrogens (tertiary/aromatic N) is 1. The molecule has 17 heavy (non-hydrogen) atoms. The van der Waals surface area contributed by atoms with Gasteiger partial charge in [-0.2, -0.15) is 0 Å². The maximum absolute atomic E-state index is 13.3. The van der Waals surface area contributed by atoms with Gasteiger partial charge in [-0.3, -0.25) is 0 Å². The van der Waals surface area contributed by atoms with Crippen LogP contribution in [-0.2, 0) is 6.42 Å². The second kappa shape index (κ2) is 7.37. The molecule has 0 bridgehead atoms. The molecule has 0 spiro atoms. The van der Waals surface area contributed by atoms with Crippen molar-refractivity contribution in [1.82, 2.24) is 10.2 Å². The van der Waals surface area contributed by atoms with Crippen molar-refractivity contribution in [2.75, 3.05) is 33.7 Å². The maximum atomic E-state index is 13.3. The number of nitrogens with one attached hydrogen (secondary N) is 1. The molecular formula is C13H21FN2O. The van der Waals surface area contributed by atoms with Crippen molar-refractivity contribution in [3.8, 4) is 0 Å². The van der Waals surface area contributed by atoms with Gasteiger partial charge in [0.15, 0.2) is 0 Å². The Morgan fingerprint density at radius 1 is 1.35 bits per heavy atom. The molecule has 0 aliphatic rings. The Balaban J connectivity index is 2.18.